The van der Waals surface area contributed by atoms with Crippen LogP contribution in [0.15, 0.2) is 0 Å². The van der Waals surface area contributed by atoms with Crippen molar-refractivity contribution >= 4 is 32.0 Å². The van der Waals surface area contributed by atoms with Gasteiger partial charge in [0.25, 0.3) is 0 Å². The van der Waals surface area contributed by atoms with Gasteiger partial charge in [0, 0.05) is 33.4 Å². The minimum atomic E-state index is -1.83. The van der Waals surface area contributed by atoms with Crippen LogP contribution in [0.2, 0.25) is 0 Å². The van der Waals surface area contributed by atoms with E-state index in [1.807, 2.05) is 0 Å². The van der Waals surface area contributed by atoms with Crippen molar-refractivity contribution in [3.05, 3.63) is 0 Å². The van der Waals surface area contributed by atoms with Gasteiger partial charge in [-0.05, 0) is 26.1 Å². The number of hydrogen-bond donors (Lipinski definition) is 1. The topological polar surface area (TPSA) is 51.0 Å². The first kappa shape index (κ1) is 19.3. The van der Waals surface area contributed by atoms with Crippen molar-refractivity contribution in [1.29, 1.82) is 0 Å². The van der Waals surface area contributed by atoms with Crippen LogP contribution in [-0.4, -0.2) is 79.2 Å². The van der Waals surface area contributed by atoms with Crippen LogP contribution in [0, 0.1) is 0 Å². The highest BCUT2D eigenvalue weighted by atomic mass is 31.2. The van der Waals surface area contributed by atoms with Crippen LogP contribution in [0.4, 0.5) is 0 Å². The summed E-state index contributed by atoms with van der Waals surface area (Å²) in [4.78, 5) is 2.33. The maximum Gasteiger partial charge on any atom is 0.0842 e. The van der Waals surface area contributed by atoms with Crippen molar-refractivity contribution in [1.82, 2.24) is 9.57 Å². The zero-order valence-corrected chi connectivity index (χ0v) is 17.1. The van der Waals surface area contributed by atoms with E-state index in [4.69, 9.17) is 15.0 Å². The highest BCUT2D eigenvalue weighted by Gasteiger charge is 2.31. The molecular formula is C14H32N3O2P3. The molecule has 7 atom stereocenters. The van der Waals surface area contributed by atoms with Crippen molar-refractivity contribution < 1.29 is 9.47 Å². The molecule has 0 aromatic heterocycles. The Morgan fingerprint density at radius 3 is 2.41 bits per heavy atom. The van der Waals surface area contributed by atoms with E-state index in [2.05, 4.69) is 48.3 Å². The summed E-state index contributed by atoms with van der Waals surface area (Å²) in [5, 5.41) is 0. The van der Waals surface area contributed by atoms with Crippen molar-refractivity contribution in [2.24, 2.45) is 5.50 Å². The Morgan fingerprint density at radius 1 is 1.14 bits per heavy atom. The Morgan fingerprint density at radius 2 is 1.77 bits per heavy atom. The summed E-state index contributed by atoms with van der Waals surface area (Å²) in [6, 6.07) is 0. The van der Waals surface area contributed by atoms with E-state index < -0.39 is 7.19 Å². The zero-order chi connectivity index (χ0) is 16.3. The standard InChI is InChI=1S/C14H32N3O2P3/c1-4-11-8-17(10-14(21)18-11)22(3,15)6-5-12-7-16(2)9-13(20)19-12/h11-14H,3-10,15,20-21H2,1-2H3. The maximum atomic E-state index is 6.64. The fourth-order valence-electron chi connectivity index (χ4n) is 3.13. The normalized spacial score (nSPS) is 37.9. The minimum Gasteiger partial charge on any atom is -0.368 e. The molecule has 0 spiro atoms. The third-order valence-electron chi connectivity index (χ3n) is 4.40. The first-order valence-electron chi connectivity index (χ1n) is 8.07. The molecule has 0 saturated carbocycles. The van der Waals surface area contributed by atoms with Crippen LogP contribution in [0.25, 0.3) is 0 Å². The van der Waals surface area contributed by atoms with E-state index in [0.717, 1.165) is 45.2 Å². The quantitative estimate of drug-likeness (QED) is 0.746. The zero-order valence-electron chi connectivity index (χ0n) is 13.9. The van der Waals surface area contributed by atoms with E-state index >= 15 is 0 Å². The van der Waals surface area contributed by atoms with Gasteiger partial charge in [-0.25, -0.2) is 0 Å². The third-order valence-corrected chi connectivity index (χ3v) is 7.63. The molecule has 0 aliphatic carbocycles. The molecule has 8 heteroatoms. The molecule has 2 fully saturated rings. The maximum absolute atomic E-state index is 6.64. The molecule has 0 aromatic rings. The SMILES string of the molecule is C=P(N)(CCC1CN(C)CC(P)O1)N1CC(P)OC(CC)C1. The molecule has 0 radical (unpaired) electrons. The van der Waals surface area contributed by atoms with Gasteiger partial charge in [-0.3, -0.25) is 10.2 Å². The minimum absolute atomic E-state index is 0.164. The van der Waals surface area contributed by atoms with Gasteiger partial charge in [-0.1, -0.05) is 13.2 Å². The lowest BCUT2D eigenvalue weighted by Gasteiger charge is -2.43. The first-order chi connectivity index (χ1) is 10.3. The number of nitrogens with two attached hydrogens (primary N) is 1. The molecule has 2 saturated heterocycles. The van der Waals surface area contributed by atoms with Gasteiger partial charge in [0.1, 0.15) is 0 Å². The summed E-state index contributed by atoms with van der Waals surface area (Å²) in [5.74, 6) is 0.389. The second-order valence-electron chi connectivity index (χ2n) is 6.59. The average Bonchev–Trinajstić information content (AvgIpc) is 2.43. The molecule has 0 amide bonds. The van der Waals surface area contributed by atoms with E-state index in [9.17, 15) is 0 Å². The van der Waals surface area contributed by atoms with Crippen LogP contribution in [0.5, 0.6) is 0 Å². The molecular weight excluding hydrogens is 335 g/mol. The number of rotatable bonds is 5. The van der Waals surface area contributed by atoms with Gasteiger partial charge in [0.2, 0.25) is 0 Å². The van der Waals surface area contributed by atoms with Crippen LogP contribution in [-0.2, 0) is 9.47 Å². The second-order valence-corrected chi connectivity index (χ2v) is 11.1. The highest BCUT2D eigenvalue weighted by Crippen LogP contribution is 2.44. The lowest BCUT2D eigenvalue weighted by molar-refractivity contribution is -0.0390. The Labute approximate surface area is 140 Å². The largest absolute Gasteiger partial charge is 0.368 e. The Kier molecular flexibility index (Phi) is 7.33. The monoisotopic (exact) mass is 367 g/mol. The van der Waals surface area contributed by atoms with E-state index in [1.54, 1.807) is 0 Å². The summed E-state index contributed by atoms with van der Waals surface area (Å²) < 4.78 is 14.3. The number of ether oxygens (including phenoxy) is 2. The lowest BCUT2D eigenvalue weighted by atomic mass is 10.2. The second kappa shape index (κ2) is 8.37. The third kappa shape index (κ3) is 5.50. The van der Waals surface area contributed by atoms with Gasteiger partial charge < -0.3 is 14.4 Å². The molecule has 2 heterocycles. The molecule has 0 aromatic carbocycles. The number of hydrogen-bond acceptors (Lipinski definition) is 5. The fraction of sp³-hybridized carbons (Fsp3) is 0.929. The van der Waals surface area contributed by atoms with E-state index in [-0.39, 0.29) is 23.9 Å². The van der Waals surface area contributed by atoms with E-state index in [0.29, 0.717) is 0 Å². The average molecular weight is 367 g/mol. The highest BCUT2D eigenvalue weighted by molar-refractivity contribution is 7.69. The van der Waals surface area contributed by atoms with Gasteiger partial charge in [0.05, 0.1) is 23.9 Å². The number of nitrogens with zero attached hydrogens (tertiary/aromatic N) is 2. The first-order valence-corrected chi connectivity index (χ1v) is 11.6. The summed E-state index contributed by atoms with van der Waals surface area (Å²) in [5.41, 5.74) is 6.64. The number of morpholine rings is 2. The van der Waals surface area contributed by atoms with Crippen molar-refractivity contribution in [2.45, 2.75) is 43.7 Å². The molecule has 0 bridgehead atoms. The molecule has 5 nitrogen and oxygen atoms in total. The Hall–Kier alpha value is 0.960. The summed E-state index contributed by atoms with van der Waals surface area (Å²) >= 11 is 0. The Balaban J connectivity index is 1.88. The predicted molar refractivity (Wildman–Crippen MR) is 104 cm³/mol. The number of likely N-dealkylation sites (N-methyl/N-ethyl adjacent to an activating group) is 1. The smallest absolute Gasteiger partial charge is 0.0842 e. The van der Waals surface area contributed by atoms with Crippen molar-refractivity contribution in [2.75, 3.05) is 39.4 Å². The molecule has 7 unspecified atom stereocenters. The molecule has 2 N–H and O–H groups in total. The summed E-state index contributed by atoms with van der Waals surface area (Å²) in [6.45, 7) is 5.90. The van der Waals surface area contributed by atoms with Crippen LogP contribution in [0.3, 0.4) is 0 Å². The Bertz CT molecular complexity index is 403. The summed E-state index contributed by atoms with van der Waals surface area (Å²) in [7, 11) is 5.87. The fourth-order valence-corrected chi connectivity index (χ4v) is 6.38. The lowest BCUT2D eigenvalue weighted by Crippen LogP contribution is -2.46. The van der Waals surface area contributed by atoms with Crippen LogP contribution < -0.4 is 5.50 Å². The molecule has 22 heavy (non-hydrogen) atoms. The van der Waals surface area contributed by atoms with E-state index in [1.165, 1.54) is 0 Å². The van der Waals surface area contributed by atoms with Crippen LogP contribution in [0.1, 0.15) is 19.8 Å². The van der Waals surface area contributed by atoms with Crippen LogP contribution >= 0.6 is 25.7 Å². The van der Waals surface area contributed by atoms with Crippen molar-refractivity contribution in [3.8, 4) is 0 Å². The molecule has 130 valence electrons. The summed E-state index contributed by atoms with van der Waals surface area (Å²) in [6.07, 6.45) is 7.88. The molecule has 2 aliphatic heterocycles. The van der Waals surface area contributed by atoms with Gasteiger partial charge in [-0.15, -0.1) is 18.5 Å². The van der Waals surface area contributed by atoms with Gasteiger partial charge in [0.15, 0.2) is 0 Å². The predicted octanol–water partition coefficient (Wildman–Crippen LogP) is 1.46. The van der Waals surface area contributed by atoms with Gasteiger partial charge >= 0.3 is 0 Å². The van der Waals surface area contributed by atoms with Gasteiger partial charge in [-0.2, -0.15) is 0 Å². The molecule has 2 aliphatic rings. The van der Waals surface area contributed by atoms with Crippen molar-refractivity contribution in [3.63, 3.8) is 0 Å². The molecule has 2 rings (SSSR count).